The number of benzene rings is 1. The van der Waals surface area contributed by atoms with Crippen LogP contribution in [0.25, 0.3) is 0 Å². The summed E-state index contributed by atoms with van der Waals surface area (Å²) in [5.41, 5.74) is 1.36. The van der Waals surface area contributed by atoms with E-state index in [-0.39, 0.29) is 0 Å². The van der Waals surface area contributed by atoms with Gasteiger partial charge >= 0.3 is 0 Å². The fraction of sp³-hybridized carbons (Fsp3) is 0.625. The van der Waals surface area contributed by atoms with Crippen LogP contribution in [0.4, 0.5) is 0 Å². The minimum atomic E-state index is 0.525. The molecule has 1 aromatic carbocycles. The van der Waals surface area contributed by atoms with E-state index in [1.54, 1.807) is 0 Å². The Labute approximate surface area is 112 Å². The van der Waals surface area contributed by atoms with Gasteiger partial charge in [0.25, 0.3) is 0 Å². The molecule has 0 aromatic heterocycles. The van der Waals surface area contributed by atoms with E-state index in [0.29, 0.717) is 17.9 Å². The summed E-state index contributed by atoms with van der Waals surface area (Å²) < 4.78 is 5.79. The third kappa shape index (κ3) is 5.54. The van der Waals surface area contributed by atoms with Crippen LogP contribution in [0.5, 0.6) is 5.75 Å². The van der Waals surface area contributed by atoms with Gasteiger partial charge in [-0.05, 0) is 23.6 Å². The Bertz CT molecular complexity index is 329. The molecule has 1 aromatic rings. The summed E-state index contributed by atoms with van der Waals surface area (Å²) in [5, 5.41) is 3.43. The second kappa shape index (κ2) is 7.42. The molecular weight excluding hydrogens is 222 g/mol. The van der Waals surface area contributed by atoms with E-state index in [9.17, 15) is 0 Å². The van der Waals surface area contributed by atoms with Crippen molar-refractivity contribution >= 4 is 0 Å². The van der Waals surface area contributed by atoms with E-state index in [0.717, 1.165) is 18.9 Å². The van der Waals surface area contributed by atoms with Crippen molar-refractivity contribution < 1.29 is 4.74 Å². The van der Waals surface area contributed by atoms with Crippen LogP contribution in [0.2, 0.25) is 0 Å². The van der Waals surface area contributed by atoms with Crippen molar-refractivity contribution in [2.45, 2.75) is 46.6 Å². The molecule has 1 unspecified atom stereocenters. The normalized spacial score (nSPS) is 13.1. The first-order chi connectivity index (χ1) is 8.49. The van der Waals surface area contributed by atoms with Gasteiger partial charge in [-0.1, -0.05) is 46.8 Å². The lowest BCUT2D eigenvalue weighted by Gasteiger charge is -2.16. The lowest BCUT2D eigenvalue weighted by molar-refractivity contribution is 0.253. The summed E-state index contributed by atoms with van der Waals surface area (Å²) >= 11 is 0. The summed E-state index contributed by atoms with van der Waals surface area (Å²) in [6, 6.07) is 8.97. The highest BCUT2D eigenvalue weighted by Crippen LogP contribution is 2.18. The highest BCUT2D eigenvalue weighted by molar-refractivity contribution is 5.28. The molecule has 0 saturated carbocycles. The van der Waals surface area contributed by atoms with Crippen LogP contribution in [-0.2, 0) is 0 Å². The maximum atomic E-state index is 5.79. The van der Waals surface area contributed by atoms with Gasteiger partial charge < -0.3 is 10.1 Å². The minimum Gasteiger partial charge on any atom is -0.493 e. The van der Waals surface area contributed by atoms with Crippen molar-refractivity contribution in [3.63, 3.8) is 0 Å². The molecule has 0 radical (unpaired) electrons. The maximum absolute atomic E-state index is 5.79. The Hall–Kier alpha value is -1.02. The van der Waals surface area contributed by atoms with Crippen molar-refractivity contribution in [1.29, 1.82) is 0 Å². The van der Waals surface area contributed by atoms with Gasteiger partial charge in [-0.3, -0.25) is 0 Å². The molecule has 0 fully saturated rings. The molecule has 102 valence electrons. The van der Waals surface area contributed by atoms with Gasteiger partial charge in [0.2, 0.25) is 0 Å². The van der Waals surface area contributed by atoms with Crippen LogP contribution in [0.15, 0.2) is 24.3 Å². The molecule has 1 atom stereocenters. The van der Waals surface area contributed by atoms with Crippen LogP contribution in [0.1, 0.15) is 46.1 Å². The topological polar surface area (TPSA) is 21.3 Å². The first kappa shape index (κ1) is 15.0. The van der Waals surface area contributed by atoms with Crippen LogP contribution in [0, 0.1) is 5.92 Å². The molecule has 0 aliphatic carbocycles. The van der Waals surface area contributed by atoms with Crippen LogP contribution in [-0.4, -0.2) is 19.2 Å². The molecule has 1 rings (SSSR count). The summed E-state index contributed by atoms with van der Waals surface area (Å²) in [4.78, 5) is 0. The number of rotatable bonds is 7. The predicted octanol–water partition coefficient (Wildman–Crippen LogP) is 3.82. The fourth-order valence-electron chi connectivity index (χ4n) is 1.68. The smallest absolute Gasteiger partial charge is 0.119 e. The van der Waals surface area contributed by atoms with Crippen molar-refractivity contribution in [3.05, 3.63) is 29.8 Å². The molecule has 0 spiro atoms. The number of hydrogen-bond acceptors (Lipinski definition) is 2. The maximum Gasteiger partial charge on any atom is 0.119 e. The van der Waals surface area contributed by atoms with Crippen molar-refractivity contribution in [2.75, 3.05) is 13.2 Å². The monoisotopic (exact) mass is 249 g/mol. The number of nitrogens with one attached hydrogen (secondary N) is 1. The zero-order chi connectivity index (χ0) is 13.5. The first-order valence-corrected chi connectivity index (χ1v) is 6.95. The molecule has 0 amide bonds. The molecule has 0 heterocycles. The Kier molecular flexibility index (Phi) is 6.20. The molecule has 0 saturated heterocycles. The minimum absolute atomic E-state index is 0.525. The average molecular weight is 249 g/mol. The molecular formula is C16H27NO. The van der Waals surface area contributed by atoms with Gasteiger partial charge in [-0.2, -0.15) is 0 Å². The predicted molar refractivity (Wildman–Crippen MR) is 78.3 cm³/mol. The van der Waals surface area contributed by atoms with E-state index in [1.807, 2.05) is 0 Å². The van der Waals surface area contributed by atoms with Crippen LogP contribution in [0.3, 0.4) is 0 Å². The van der Waals surface area contributed by atoms with E-state index in [2.05, 4.69) is 64.2 Å². The summed E-state index contributed by atoms with van der Waals surface area (Å²) in [7, 11) is 0. The molecule has 2 nitrogen and oxygen atoms in total. The Morgan fingerprint density at radius 1 is 1.00 bits per heavy atom. The second-order valence-electron chi connectivity index (χ2n) is 5.70. The molecule has 0 bridgehead atoms. The van der Waals surface area contributed by atoms with E-state index in [1.165, 1.54) is 5.56 Å². The van der Waals surface area contributed by atoms with Crippen LogP contribution < -0.4 is 10.1 Å². The Balaban J connectivity index is 2.34. The number of ether oxygens (including phenoxy) is 1. The van der Waals surface area contributed by atoms with Crippen molar-refractivity contribution in [2.24, 2.45) is 5.92 Å². The standard InChI is InChI=1S/C16H27NO/c1-12(2)15-6-8-16(9-7-15)18-11-14(5)10-17-13(3)4/h6-9,12-14,17H,10-11H2,1-5H3. The van der Waals surface area contributed by atoms with Gasteiger partial charge in [-0.25, -0.2) is 0 Å². The summed E-state index contributed by atoms with van der Waals surface area (Å²) in [6.07, 6.45) is 0. The lowest BCUT2D eigenvalue weighted by Crippen LogP contribution is -2.30. The van der Waals surface area contributed by atoms with Crippen LogP contribution >= 0.6 is 0 Å². The Morgan fingerprint density at radius 3 is 2.11 bits per heavy atom. The third-order valence-electron chi connectivity index (χ3n) is 2.96. The van der Waals surface area contributed by atoms with E-state index in [4.69, 9.17) is 4.74 Å². The third-order valence-corrected chi connectivity index (χ3v) is 2.96. The largest absolute Gasteiger partial charge is 0.493 e. The van der Waals surface area contributed by atoms with E-state index >= 15 is 0 Å². The molecule has 1 N–H and O–H groups in total. The van der Waals surface area contributed by atoms with Gasteiger partial charge in [0.1, 0.15) is 5.75 Å². The van der Waals surface area contributed by atoms with Crippen molar-refractivity contribution in [3.8, 4) is 5.75 Å². The summed E-state index contributed by atoms with van der Waals surface area (Å²) in [5.74, 6) is 2.07. The molecule has 18 heavy (non-hydrogen) atoms. The lowest BCUT2D eigenvalue weighted by atomic mass is 10.0. The van der Waals surface area contributed by atoms with Gasteiger partial charge in [0.15, 0.2) is 0 Å². The zero-order valence-corrected chi connectivity index (χ0v) is 12.4. The van der Waals surface area contributed by atoms with Crippen molar-refractivity contribution in [1.82, 2.24) is 5.32 Å². The second-order valence-corrected chi connectivity index (χ2v) is 5.70. The first-order valence-electron chi connectivity index (χ1n) is 6.95. The van der Waals surface area contributed by atoms with E-state index < -0.39 is 0 Å². The fourth-order valence-corrected chi connectivity index (χ4v) is 1.68. The zero-order valence-electron chi connectivity index (χ0n) is 12.4. The number of hydrogen-bond donors (Lipinski definition) is 1. The quantitative estimate of drug-likeness (QED) is 0.793. The Morgan fingerprint density at radius 2 is 1.61 bits per heavy atom. The highest BCUT2D eigenvalue weighted by Gasteiger charge is 2.05. The molecule has 0 aliphatic heterocycles. The highest BCUT2D eigenvalue weighted by atomic mass is 16.5. The van der Waals surface area contributed by atoms with Gasteiger partial charge in [-0.15, -0.1) is 0 Å². The SMILES string of the molecule is CC(CNC(C)C)COc1ccc(C(C)C)cc1. The summed E-state index contributed by atoms with van der Waals surface area (Å²) in [6.45, 7) is 12.7. The van der Waals surface area contributed by atoms with Gasteiger partial charge in [0, 0.05) is 18.5 Å². The average Bonchev–Trinajstić information content (AvgIpc) is 2.34. The van der Waals surface area contributed by atoms with Gasteiger partial charge in [0.05, 0.1) is 6.61 Å². The molecule has 0 aliphatic rings. The molecule has 2 heteroatoms.